The first-order valence-corrected chi connectivity index (χ1v) is 44.4. The number of alkyl halides is 8. The zero-order valence-corrected chi connectivity index (χ0v) is 67.9. The fourth-order valence-corrected chi connectivity index (χ4v) is 24.0. The van der Waals surface area contributed by atoms with Crippen LogP contribution in [0, 0.1) is 0 Å². The number of hydrogen-bond acceptors (Lipinski definition) is 38. The number of ether oxygens (including phenoxy) is 5. The Hall–Kier alpha value is -4.36. The molecule has 39 nitrogen and oxygen atoms in total. The van der Waals surface area contributed by atoms with E-state index in [0.717, 1.165) is 0 Å². The minimum Gasteiger partial charge on any atom is -0.476 e. The number of hydrogen-bond donors (Lipinski definition) is 6. The fourth-order valence-electron chi connectivity index (χ4n) is 12.1. The first-order chi connectivity index (χ1) is 51.1. The van der Waals surface area contributed by atoms with Gasteiger partial charge in [0, 0.05) is 0 Å². The third-order valence-corrected chi connectivity index (χ3v) is 27.8. The van der Waals surface area contributed by atoms with Crippen molar-refractivity contribution in [3.05, 3.63) is 42.0 Å². The van der Waals surface area contributed by atoms with Crippen LogP contribution in [-0.2, 0) is 120 Å². The van der Waals surface area contributed by atoms with Gasteiger partial charge in [-0.1, -0.05) is 46.4 Å². The minimum atomic E-state index is -3.17. The van der Waals surface area contributed by atoms with Crippen molar-refractivity contribution in [3.63, 3.8) is 0 Å². The lowest BCUT2D eigenvalue weighted by atomic mass is 10.1. The van der Waals surface area contributed by atoms with Gasteiger partial charge in [-0.2, -0.15) is 24.9 Å². The Labute approximate surface area is 654 Å². The number of aromatic nitrogens is 16. The molecule has 598 valence electrons. The van der Waals surface area contributed by atoms with E-state index < -0.39 is 127 Å². The molecule has 20 atom stereocenters. The van der Waals surface area contributed by atoms with Crippen molar-refractivity contribution in [1.29, 1.82) is 0 Å². The standard InChI is InChI=1S/C15H20ClFN5O5PS.C13H17ClFN6O4PS.C13H16ClFN5O5PS.C13H16ClFN5O4PS/c1-4-23-12-9-11(20-14(18)21-12)22(6-19-9)13-15(16,17)10-8(25-13)5-24-28(29,27-10)26-7(2)3;1-5(2)24-26(27)22-3-6-8(25-26)13(14,15)11(23-6)21-4-18-7-9(16)19-12(17)20-10(7)21;1-5(2)24-26(27)22-3-6-8(25-26)13(14,15)11(23-6)20-4-17-7-9(20)18-12(16)19-10(7)21;1-6(2)23-25(26)21-3-7-9(24-25)13(14,15)12(22-7)20-5-19-8-10(16)17-4-18-11(8)20/h6-8,10,13H,4-5H2,1-3H3,(H2,18,20,21);4-6,8,11H,3H2,1-2H3,(H4,16,17,19,20);4-6,8,11H,3H2,1-2H3,(H3,16,18,19,21);4-7,9,12H,3H2,1-2H3,(H2,16,17,18)/t8-,10-,13-,15+,28?;2*6-,8-,11-,13+,26?;7-,9-,12-,13+,25?/m1111/s1. The number of fused-ring (bicyclic) bond motifs is 8. The number of nitrogens with one attached hydrogen (secondary N) is 1. The maximum atomic E-state index is 15.8. The van der Waals surface area contributed by atoms with Crippen molar-refractivity contribution in [2.45, 2.75) is 181 Å². The van der Waals surface area contributed by atoms with Crippen LogP contribution in [0.25, 0.3) is 44.7 Å². The van der Waals surface area contributed by atoms with Crippen molar-refractivity contribution in [1.82, 2.24) is 78.1 Å². The van der Waals surface area contributed by atoms with E-state index in [2.05, 4.69) is 59.8 Å². The molecule has 0 aliphatic carbocycles. The molecular formula is C54H69Cl4F4N21O18P4S4. The number of rotatable bonds is 14. The molecule has 0 saturated carbocycles. The lowest BCUT2D eigenvalue weighted by Gasteiger charge is -2.35. The van der Waals surface area contributed by atoms with Gasteiger partial charge in [0.15, 0.2) is 70.2 Å². The molecule has 0 aromatic carbocycles. The van der Waals surface area contributed by atoms with E-state index in [4.69, 9.17) is 200 Å². The predicted molar refractivity (Wildman–Crippen MR) is 397 cm³/mol. The molecule has 8 aromatic heterocycles. The van der Waals surface area contributed by atoms with Gasteiger partial charge < -0.3 is 88.5 Å². The van der Waals surface area contributed by atoms with Crippen molar-refractivity contribution in [2.24, 2.45) is 0 Å². The number of nitrogens with zero attached hydrogens (tertiary/aromatic N) is 15. The van der Waals surface area contributed by atoms with E-state index in [1.807, 2.05) is 0 Å². The molecule has 0 amide bonds. The summed E-state index contributed by atoms with van der Waals surface area (Å²) in [6.07, 6.45) is -7.86. The average molecular weight is 1770 g/mol. The Morgan fingerprint density at radius 3 is 1.17 bits per heavy atom. The molecule has 4 unspecified atom stereocenters. The predicted octanol–water partition coefficient (Wildman–Crippen LogP) is 8.38. The molecule has 0 bridgehead atoms. The fraction of sp³-hybridized carbons (Fsp3) is 0.630. The van der Waals surface area contributed by atoms with E-state index in [1.54, 1.807) is 62.3 Å². The summed E-state index contributed by atoms with van der Waals surface area (Å²) in [5.41, 5.74) is 29.5. The number of nitrogens with two attached hydrogens (primary N) is 5. The molecule has 8 fully saturated rings. The highest BCUT2D eigenvalue weighted by Gasteiger charge is 2.67. The van der Waals surface area contributed by atoms with Crippen LogP contribution in [0.2, 0.25) is 0 Å². The number of imidazole rings is 4. The highest BCUT2D eigenvalue weighted by Crippen LogP contribution is 2.66. The van der Waals surface area contributed by atoms with Gasteiger partial charge in [0.2, 0.25) is 23.7 Å². The molecule has 0 spiro atoms. The maximum Gasteiger partial charge on any atom is 0.328 e. The monoisotopic (exact) mass is 1770 g/mol. The van der Waals surface area contributed by atoms with Gasteiger partial charge in [-0.15, -0.1) is 0 Å². The van der Waals surface area contributed by atoms with E-state index in [9.17, 15) is 4.79 Å². The van der Waals surface area contributed by atoms with Crippen LogP contribution in [0.1, 0.15) is 87.2 Å². The van der Waals surface area contributed by atoms with Gasteiger partial charge in [0.25, 0.3) is 26.1 Å². The highest BCUT2D eigenvalue weighted by molar-refractivity contribution is 8.08. The maximum absolute atomic E-state index is 15.8. The topological polar surface area (TPSA) is 481 Å². The summed E-state index contributed by atoms with van der Waals surface area (Å²) in [4.78, 5) is 58.6. The van der Waals surface area contributed by atoms with Crippen LogP contribution in [-0.4, -0.2) is 205 Å². The highest BCUT2D eigenvalue weighted by atomic mass is 35.5. The second kappa shape index (κ2) is 31.0. The summed E-state index contributed by atoms with van der Waals surface area (Å²) >= 11 is 46.1. The van der Waals surface area contributed by atoms with Crippen molar-refractivity contribution in [2.75, 3.05) is 61.7 Å². The van der Waals surface area contributed by atoms with Crippen LogP contribution < -0.4 is 39.0 Å². The number of anilines is 5. The molecule has 8 aliphatic heterocycles. The molecule has 8 saturated heterocycles. The molecule has 8 aromatic rings. The zero-order valence-electron chi connectivity index (χ0n) is 58.0. The Bertz CT molecular complexity index is 5030. The molecule has 109 heavy (non-hydrogen) atoms. The van der Waals surface area contributed by atoms with Crippen molar-refractivity contribution < 1.29 is 95.5 Å². The number of halogens is 8. The third-order valence-electron chi connectivity index (χ3n) is 16.3. The Morgan fingerprint density at radius 1 is 0.477 bits per heavy atom. The lowest BCUT2D eigenvalue weighted by molar-refractivity contribution is -0.0636. The normalized spacial score (nSPS) is 36.2. The summed E-state index contributed by atoms with van der Waals surface area (Å²) in [6, 6.07) is 0. The second-order valence-electron chi connectivity index (χ2n) is 25.8. The summed E-state index contributed by atoms with van der Waals surface area (Å²) in [5, 5.41) is -9.95. The third kappa shape index (κ3) is 16.3. The summed E-state index contributed by atoms with van der Waals surface area (Å²) < 4.78 is 163. The van der Waals surface area contributed by atoms with Gasteiger partial charge in [0.05, 0.1) is 82.8 Å². The Kier molecular flexibility index (Phi) is 23.5. The van der Waals surface area contributed by atoms with Crippen LogP contribution in [0.3, 0.4) is 0 Å². The molecule has 55 heteroatoms. The van der Waals surface area contributed by atoms with Gasteiger partial charge >= 0.3 is 26.9 Å². The molecule has 8 aliphatic rings. The van der Waals surface area contributed by atoms with Gasteiger partial charge in [-0.3, -0.25) is 46.1 Å². The molecular weight excluding hydrogens is 1700 g/mol. The molecule has 0 radical (unpaired) electrons. The quantitative estimate of drug-likeness (QED) is 0.0338. The van der Waals surface area contributed by atoms with Gasteiger partial charge in [0.1, 0.15) is 66.2 Å². The number of aromatic amines is 1. The zero-order chi connectivity index (χ0) is 78.8. The van der Waals surface area contributed by atoms with Crippen LogP contribution in [0.5, 0.6) is 5.88 Å². The lowest BCUT2D eigenvalue weighted by Crippen LogP contribution is -2.43. The summed E-state index contributed by atoms with van der Waals surface area (Å²) in [6.45, 7) is 3.65. The summed E-state index contributed by atoms with van der Waals surface area (Å²) in [7, 11) is 0. The Morgan fingerprint density at radius 2 is 0.798 bits per heavy atom. The van der Waals surface area contributed by atoms with Crippen LogP contribution in [0.4, 0.5) is 47.0 Å². The Balaban J connectivity index is 0.000000128. The molecule has 11 N–H and O–H groups in total. The van der Waals surface area contributed by atoms with E-state index in [1.165, 1.54) is 49.9 Å². The van der Waals surface area contributed by atoms with E-state index >= 15 is 17.6 Å². The van der Waals surface area contributed by atoms with E-state index in [-0.39, 0.29) is 114 Å². The molecule has 16 rings (SSSR count). The first kappa shape index (κ1) is 82.6. The number of H-pyrrole nitrogens is 1. The minimum absolute atomic E-state index is 0.00725. The van der Waals surface area contributed by atoms with E-state index in [0.29, 0.717) is 23.3 Å². The first-order valence-electron chi connectivity index (χ1n) is 32.7. The van der Waals surface area contributed by atoms with Crippen LogP contribution >= 0.6 is 73.3 Å². The average Bonchev–Trinajstić information content (AvgIpc) is 1.60. The smallest absolute Gasteiger partial charge is 0.328 e. The molecule has 16 heterocycles. The van der Waals surface area contributed by atoms with Gasteiger partial charge in [-0.25, -0.2) is 47.5 Å². The van der Waals surface area contributed by atoms with Crippen molar-refractivity contribution >= 4 is 195 Å². The largest absolute Gasteiger partial charge is 0.476 e. The number of nitrogen functional groups attached to an aromatic ring is 5. The van der Waals surface area contributed by atoms with Crippen LogP contribution in [0.15, 0.2) is 36.4 Å². The SMILES string of the molecule is CC(C)OP1(=S)OC[C@H]2O[C@@H](n3cnc4c(=O)[nH]c(N)nc43)[C@](F)(Cl)[C@@H]2O1.CC(C)OP1(=S)OC[C@H]2O[C@@H](n3cnc4c(N)nc(N)nc43)[C@](F)(Cl)[C@@H]2O1.CC(C)OP1(=S)OC[C@H]2O[C@@H](n3cnc4c(N)ncnc43)[C@](F)(Cl)[C@@H]2O1.CCOc1nc(N)nc2c1ncn2[C@@H]1O[C@@H]2COP(=S)(OC(C)C)O[C@H]2[C@@]1(F)Cl. The second-order valence-corrected chi connectivity index (χ2v) is 39.8. The van der Waals surface area contributed by atoms with Crippen molar-refractivity contribution in [3.8, 4) is 5.88 Å². The van der Waals surface area contributed by atoms with Gasteiger partial charge in [-0.05, 0) is 110 Å². The summed E-state index contributed by atoms with van der Waals surface area (Å²) in [5.74, 6) is 0.122.